The van der Waals surface area contributed by atoms with Gasteiger partial charge in [-0.25, -0.2) is 0 Å². The van der Waals surface area contributed by atoms with Gasteiger partial charge in [-0.15, -0.1) is 0 Å². The molecule has 6 heteroatoms. The summed E-state index contributed by atoms with van der Waals surface area (Å²) < 4.78 is 34.0. The van der Waals surface area contributed by atoms with Crippen LogP contribution < -0.4 is 10.1 Å². The van der Waals surface area contributed by atoms with E-state index in [1.165, 1.54) is 6.07 Å². The predicted octanol–water partition coefficient (Wildman–Crippen LogP) is 3.41. The lowest BCUT2D eigenvalue weighted by Crippen LogP contribution is -2.04. The van der Waals surface area contributed by atoms with Crippen molar-refractivity contribution in [3.8, 4) is 5.75 Å². The summed E-state index contributed by atoms with van der Waals surface area (Å²) in [5.74, 6) is 0.118. The van der Waals surface area contributed by atoms with Crippen LogP contribution >= 0.6 is 0 Å². The number of aromatic nitrogens is 1. The Balaban J connectivity index is 2.48. The van der Waals surface area contributed by atoms with Crippen molar-refractivity contribution in [2.75, 3.05) is 19.0 Å². The van der Waals surface area contributed by atoms with Crippen molar-refractivity contribution in [3.63, 3.8) is 0 Å². The standard InChI is InChI=1S/C14H16F2N2O2/c1-3-17-13-6-9(8-19-2)18-12-5-4-10(7-11(12)13)20-14(15)16/h4-7,14H,3,8H2,1-2H3,(H,17,18). The zero-order valence-electron chi connectivity index (χ0n) is 11.3. The number of hydrogen-bond donors (Lipinski definition) is 1. The first-order valence-corrected chi connectivity index (χ1v) is 6.25. The molecule has 0 atom stereocenters. The largest absolute Gasteiger partial charge is 0.435 e. The van der Waals surface area contributed by atoms with E-state index in [-0.39, 0.29) is 5.75 Å². The molecule has 0 aliphatic rings. The van der Waals surface area contributed by atoms with Crippen molar-refractivity contribution in [2.24, 2.45) is 0 Å². The van der Waals surface area contributed by atoms with Gasteiger partial charge in [0.1, 0.15) is 5.75 Å². The minimum Gasteiger partial charge on any atom is -0.435 e. The number of alkyl halides is 2. The number of nitrogens with one attached hydrogen (secondary N) is 1. The van der Waals surface area contributed by atoms with Crippen molar-refractivity contribution in [2.45, 2.75) is 20.1 Å². The maximum Gasteiger partial charge on any atom is 0.387 e. The Hall–Kier alpha value is -1.95. The molecule has 0 spiro atoms. The maximum absolute atomic E-state index is 12.3. The molecule has 2 aromatic rings. The Kier molecular flexibility index (Phi) is 4.68. The summed E-state index contributed by atoms with van der Waals surface area (Å²) in [7, 11) is 1.60. The number of pyridine rings is 1. The highest BCUT2D eigenvalue weighted by Gasteiger charge is 2.09. The van der Waals surface area contributed by atoms with E-state index in [1.807, 2.05) is 13.0 Å². The molecule has 1 aromatic carbocycles. The Labute approximate surface area is 115 Å². The van der Waals surface area contributed by atoms with Crippen LogP contribution in [-0.4, -0.2) is 25.3 Å². The molecule has 2 rings (SSSR count). The van der Waals surface area contributed by atoms with Crippen molar-refractivity contribution >= 4 is 16.6 Å². The SMILES string of the molecule is CCNc1cc(COC)nc2ccc(OC(F)F)cc12. The average Bonchev–Trinajstić information content (AvgIpc) is 2.39. The van der Waals surface area contributed by atoms with Gasteiger partial charge in [-0.3, -0.25) is 4.98 Å². The molecule has 0 aliphatic carbocycles. The monoisotopic (exact) mass is 282 g/mol. The van der Waals surface area contributed by atoms with Crippen LogP contribution in [0.25, 0.3) is 10.9 Å². The number of anilines is 1. The highest BCUT2D eigenvalue weighted by Crippen LogP contribution is 2.28. The van der Waals surface area contributed by atoms with Crippen LogP contribution in [-0.2, 0) is 11.3 Å². The normalized spacial score (nSPS) is 11.1. The third-order valence-electron chi connectivity index (χ3n) is 2.72. The van der Waals surface area contributed by atoms with Gasteiger partial charge in [0.15, 0.2) is 0 Å². The van der Waals surface area contributed by atoms with E-state index >= 15 is 0 Å². The van der Waals surface area contributed by atoms with Crippen LogP contribution in [0.4, 0.5) is 14.5 Å². The van der Waals surface area contributed by atoms with Crippen molar-refractivity contribution in [3.05, 3.63) is 30.0 Å². The Bertz CT molecular complexity index is 591. The first-order chi connectivity index (χ1) is 9.63. The summed E-state index contributed by atoms with van der Waals surface area (Å²) >= 11 is 0. The zero-order chi connectivity index (χ0) is 14.5. The predicted molar refractivity (Wildman–Crippen MR) is 73.3 cm³/mol. The number of benzene rings is 1. The van der Waals surface area contributed by atoms with Gasteiger partial charge in [0.05, 0.1) is 17.8 Å². The Morgan fingerprint density at radius 2 is 2.10 bits per heavy atom. The van der Waals surface area contributed by atoms with Gasteiger partial charge in [0, 0.05) is 24.7 Å². The molecule has 0 unspecified atom stereocenters. The van der Waals surface area contributed by atoms with Gasteiger partial charge in [0.2, 0.25) is 0 Å². The molecule has 0 saturated carbocycles. The summed E-state index contributed by atoms with van der Waals surface area (Å²) in [5.41, 5.74) is 2.31. The fourth-order valence-electron chi connectivity index (χ4n) is 1.99. The van der Waals surface area contributed by atoms with Gasteiger partial charge in [-0.1, -0.05) is 0 Å². The quantitative estimate of drug-likeness (QED) is 0.881. The first kappa shape index (κ1) is 14.5. The Morgan fingerprint density at radius 3 is 2.75 bits per heavy atom. The van der Waals surface area contributed by atoms with Gasteiger partial charge in [-0.2, -0.15) is 8.78 Å². The van der Waals surface area contributed by atoms with Gasteiger partial charge in [-0.05, 0) is 31.2 Å². The number of hydrogen-bond acceptors (Lipinski definition) is 4. The average molecular weight is 282 g/mol. The molecule has 0 amide bonds. The number of halogens is 2. The van der Waals surface area contributed by atoms with Gasteiger partial charge in [0.25, 0.3) is 0 Å². The van der Waals surface area contributed by atoms with Crippen molar-refractivity contribution in [1.82, 2.24) is 4.98 Å². The summed E-state index contributed by atoms with van der Waals surface area (Å²) in [6.07, 6.45) is 0. The second kappa shape index (κ2) is 6.47. The molecular formula is C14H16F2N2O2. The molecule has 0 radical (unpaired) electrons. The highest BCUT2D eigenvalue weighted by atomic mass is 19.3. The fourth-order valence-corrected chi connectivity index (χ4v) is 1.99. The van der Waals surface area contributed by atoms with E-state index < -0.39 is 6.61 Å². The van der Waals surface area contributed by atoms with E-state index in [0.29, 0.717) is 18.7 Å². The molecule has 0 saturated heterocycles. The molecule has 20 heavy (non-hydrogen) atoms. The van der Waals surface area contributed by atoms with Crippen molar-refractivity contribution < 1.29 is 18.3 Å². The lowest BCUT2D eigenvalue weighted by molar-refractivity contribution is -0.0497. The molecule has 0 fully saturated rings. The molecule has 1 heterocycles. The molecular weight excluding hydrogens is 266 g/mol. The second-order valence-electron chi connectivity index (χ2n) is 4.18. The summed E-state index contributed by atoms with van der Waals surface area (Å²) in [5, 5.41) is 3.93. The van der Waals surface area contributed by atoms with E-state index in [4.69, 9.17) is 4.74 Å². The fraction of sp³-hybridized carbons (Fsp3) is 0.357. The highest BCUT2D eigenvalue weighted by molar-refractivity contribution is 5.92. The topological polar surface area (TPSA) is 43.4 Å². The van der Waals surface area contributed by atoms with E-state index in [0.717, 1.165) is 16.8 Å². The first-order valence-electron chi connectivity index (χ1n) is 6.25. The zero-order valence-corrected chi connectivity index (χ0v) is 11.3. The van der Waals surface area contributed by atoms with Crippen molar-refractivity contribution in [1.29, 1.82) is 0 Å². The third kappa shape index (κ3) is 3.33. The van der Waals surface area contributed by atoms with Gasteiger partial charge >= 0.3 is 6.61 Å². The van der Waals surface area contributed by atoms with Crippen LogP contribution in [0.3, 0.4) is 0 Å². The minimum atomic E-state index is -2.84. The van der Waals surface area contributed by atoms with E-state index in [9.17, 15) is 8.78 Å². The minimum absolute atomic E-state index is 0.118. The number of methoxy groups -OCH3 is 1. The number of fused-ring (bicyclic) bond motifs is 1. The molecule has 1 aromatic heterocycles. The Morgan fingerprint density at radius 1 is 1.30 bits per heavy atom. The number of rotatable bonds is 6. The lowest BCUT2D eigenvalue weighted by Gasteiger charge is -2.12. The smallest absolute Gasteiger partial charge is 0.387 e. The lowest BCUT2D eigenvalue weighted by atomic mass is 10.1. The van der Waals surface area contributed by atoms with E-state index in [2.05, 4.69) is 15.0 Å². The third-order valence-corrected chi connectivity index (χ3v) is 2.72. The second-order valence-corrected chi connectivity index (χ2v) is 4.18. The molecule has 4 nitrogen and oxygen atoms in total. The molecule has 1 N–H and O–H groups in total. The van der Waals surface area contributed by atoms with E-state index in [1.54, 1.807) is 19.2 Å². The van der Waals surface area contributed by atoms with Gasteiger partial charge < -0.3 is 14.8 Å². The number of nitrogens with zero attached hydrogens (tertiary/aromatic N) is 1. The maximum atomic E-state index is 12.3. The molecule has 0 aliphatic heterocycles. The van der Waals surface area contributed by atoms with Crippen LogP contribution in [0.2, 0.25) is 0 Å². The van der Waals surface area contributed by atoms with Crippen LogP contribution in [0, 0.1) is 0 Å². The summed E-state index contributed by atoms with van der Waals surface area (Å²) in [6.45, 7) is 0.229. The molecule has 0 bridgehead atoms. The number of ether oxygens (including phenoxy) is 2. The van der Waals surface area contributed by atoms with Crippen LogP contribution in [0.1, 0.15) is 12.6 Å². The summed E-state index contributed by atoms with van der Waals surface area (Å²) in [6, 6.07) is 6.55. The molecule has 108 valence electrons. The summed E-state index contributed by atoms with van der Waals surface area (Å²) in [4.78, 5) is 4.42. The van der Waals surface area contributed by atoms with Crippen LogP contribution in [0.5, 0.6) is 5.75 Å². The van der Waals surface area contributed by atoms with Crippen LogP contribution in [0.15, 0.2) is 24.3 Å².